The summed E-state index contributed by atoms with van der Waals surface area (Å²) in [6.07, 6.45) is 0. The zero-order valence-corrected chi connectivity index (χ0v) is 13.0. The number of nitrogens with zero attached hydrogens (tertiary/aromatic N) is 1. The van der Waals surface area contributed by atoms with Crippen molar-refractivity contribution < 1.29 is 14.3 Å². The fourth-order valence-corrected chi connectivity index (χ4v) is 2.66. The van der Waals surface area contributed by atoms with Gasteiger partial charge in [0.25, 0.3) is 0 Å². The zero-order chi connectivity index (χ0) is 15.3. The topological polar surface area (TPSA) is 84.7 Å². The van der Waals surface area contributed by atoms with Crippen molar-refractivity contribution >= 4 is 29.0 Å². The number of thiocarbonyl (C=S) groups is 1. The number of carbonyl (C=O) groups excluding carboxylic acids is 2. The molecule has 1 aliphatic rings. The third kappa shape index (κ3) is 3.89. The molecular weight excluding hydrogens is 278 g/mol. The molecule has 0 bridgehead atoms. The third-order valence-corrected chi connectivity index (χ3v) is 3.56. The number of nitrogens with two attached hydrogens (primary N) is 1. The summed E-state index contributed by atoms with van der Waals surface area (Å²) < 4.78 is 5.31. The Kier molecular flexibility index (Phi) is 6.35. The first-order valence-electron chi connectivity index (χ1n) is 6.85. The van der Waals surface area contributed by atoms with Crippen molar-refractivity contribution in [3.63, 3.8) is 0 Å². The van der Waals surface area contributed by atoms with E-state index in [1.807, 2.05) is 20.8 Å². The number of carbonyl (C=O) groups is 2. The van der Waals surface area contributed by atoms with Crippen LogP contribution in [0.4, 0.5) is 0 Å². The van der Waals surface area contributed by atoms with Crippen LogP contribution in [-0.4, -0.2) is 54.0 Å². The Balaban J connectivity index is 2.91. The lowest BCUT2D eigenvalue weighted by atomic mass is 9.93. The Bertz CT molecular complexity index is 387. The summed E-state index contributed by atoms with van der Waals surface area (Å²) in [6, 6.07) is -0.605. The van der Waals surface area contributed by atoms with Crippen molar-refractivity contribution in [1.29, 1.82) is 0 Å². The van der Waals surface area contributed by atoms with Crippen LogP contribution in [-0.2, 0) is 14.3 Å². The van der Waals surface area contributed by atoms with Gasteiger partial charge in [0, 0.05) is 13.1 Å². The zero-order valence-electron chi connectivity index (χ0n) is 12.2. The summed E-state index contributed by atoms with van der Waals surface area (Å²) in [6.45, 7) is 7.14. The van der Waals surface area contributed by atoms with E-state index in [1.165, 1.54) is 0 Å². The Labute approximate surface area is 125 Å². The molecule has 1 heterocycles. The van der Waals surface area contributed by atoms with E-state index in [2.05, 4.69) is 5.32 Å². The van der Waals surface area contributed by atoms with E-state index in [-0.39, 0.29) is 29.3 Å². The number of morpholine rings is 1. The molecule has 2 atom stereocenters. The Morgan fingerprint density at radius 2 is 2.15 bits per heavy atom. The molecule has 6 nitrogen and oxygen atoms in total. The molecule has 7 heteroatoms. The maximum Gasteiger partial charge on any atom is 0.245 e. The van der Waals surface area contributed by atoms with Crippen LogP contribution in [0.25, 0.3) is 0 Å². The highest BCUT2D eigenvalue weighted by Crippen LogP contribution is 2.18. The largest absolute Gasteiger partial charge is 0.393 e. The molecule has 0 aromatic rings. The second kappa shape index (κ2) is 7.54. The van der Waals surface area contributed by atoms with Gasteiger partial charge in [0.1, 0.15) is 6.04 Å². The predicted octanol–water partition coefficient (Wildman–Crippen LogP) is -0.0918. The Morgan fingerprint density at radius 3 is 2.65 bits per heavy atom. The molecule has 0 spiro atoms. The lowest BCUT2D eigenvalue weighted by Gasteiger charge is -2.37. The molecule has 0 radical (unpaired) electrons. The number of hydrogen-bond donors (Lipinski definition) is 2. The first kappa shape index (κ1) is 16.8. The summed E-state index contributed by atoms with van der Waals surface area (Å²) >= 11 is 4.99. The first-order chi connectivity index (χ1) is 9.40. The smallest absolute Gasteiger partial charge is 0.245 e. The van der Waals surface area contributed by atoms with E-state index < -0.39 is 12.0 Å². The van der Waals surface area contributed by atoms with Gasteiger partial charge in [0.2, 0.25) is 11.8 Å². The van der Waals surface area contributed by atoms with Gasteiger partial charge in [-0.05, 0) is 12.8 Å². The molecule has 1 saturated heterocycles. The first-order valence-corrected chi connectivity index (χ1v) is 7.26. The minimum Gasteiger partial charge on any atom is -0.393 e. The summed E-state index contributed by atoms with van der Waals surface area (Å²) in [5.74, 6) is -0.934. The highest BCUT2D eigenvalue weighted by Gasteiger charge is 2.37. The number of likely N-dealkylation sites (N-methyl/N-ethyl adjacent to an activating group) is 1. The van der Waals surface area contributed by atoms with E-state index in [9.17, 15) is 9.59 Å². The van der Waals surface area contributed by atoms with Crippen molar-refractivity contribution in [3.05, 3.63) is 0 Å². The van der Waals surface area contributed by atoms with Gasteiger partial charge >= 0.3 is 0 Å². The molecule has 0 aliphatic carbocycles. The third-order valence-electron chi connectivity index (χ3n) is 3.30. The van der Waals surface area contributed by atoms with Crippen LogP contribution in [0.5, 0.6) is 0 Å². The number of rotatable bonds is 5. The number of hydrogen-bond acceptors (Lipinski definition) is 4. The van der Waals surface area contributed by atoms with Gasteiger partial charge in [-0.25, -0.2) is 0 Å². The van der Waals surface area contributed by atoms with E-state index in [4.69, 9.17) is 22.7 Å². The molecule has 20 heavy (non-hydrogen) atoms. The van der Waals surface area contributed by atoms with Crippen molar-refractivity contribution in [2.45, 2.75) is 26.8 Å². The fourth-order valence-electron chi connectivity index (χ4n) is 2.29. The minimum atomic E-state index is -0.605. The standard InChI is InChI=1S/C13H23N3O3S/c1-4-15-12(17)9-7-19-6-5-16(9)13(18)10(8(2)3)11(14)20/h8-10H,4-7H2,1-3H3,(H2,14,20)(H,15,17). The number of nitrogens with one attached hydrogen (secondary N) is 1. The highest BCUT2D eigenvalue weighted by molar-refractivity contribution is 7.80. The Morgan fingerprint density at radius 1 is 1.50 bits per heavy atom. The van der Waals surface area contributed by atoms with Crippen molar-refractivity contribution in [2.75, 3.05) is 26.3 Å². The van der Waals surface area contributed by atoms with Crippen molar-refractivity contribution in [3.8, 4) is 0 Å². The molecule has 1 fully saturated rings. The molecule has 0 aromatic carbocycles. The van der Waals surface area contributed by atoms with E-state index in [1.54, 1.807) is 4.90 Å². The maximum absolute atomic E-state index is 12.6. The van der Waals surface area contributed by atoms with Gasteiger partial charge in [0.05, 0.1) is 24.1 Å². The number of amides is 2. The predicted molar refractivity (Wildman–Crippen MR) is 80.1 cm³/mol. The molecule has 2 amide bonds. The highest BCUT2D eigenvalue weighted by atomic mass is 32.1. The van der Waals surface area contributed by atoms with Crippen LogP contribution in [0.15, 0.2) is 0 Å². The SMILES string of the molecule is CCNC(=O)C1COCCN1C(=O)C(C(N)=S)C(C)C. The van der Waals surface area contributed by atoms with Crippen LogP contribution in [0.2, 0.25) is 0 Å². The second-order valence-corrected chi connectivity index (χ2v) is 5.61. The molecular formula is C13H23N3O3S. The molecule has 1 aliphatic heterocycles. The van der Waals surface area contributed by atoms with Gasteiger partial charge in [-0.3, -0.25) is 9.59 Å². The lowest BCUT2D eigenvalue weighted by molar-refractivity contribution is -0.150. The summed E-state index contributed by atoms with van der Waals surface area (Å²) in [5, 5.41) is 2.72. The average Bonchev–Trinajstić information content (AvgIpc) is 2.38. The average molecular weight is 301 g/mol. The van der Waals surface area contributed by atoms with Crippen LogP contribution in [0.3, 0.4) is 0 Å². The summed E-state index contributed by atoms with van der Waals surface area (Å²) in [4.78, 5) is 26.4. The van der Waals surface area contributed by atoms with E-state index in [0.29, 0.717) is 19.7 Å². The van der Waals surface area contributed by atoms with Crippen LogP contribution >= 0.6 is 12.2 Å². The van der Waals surface area contributed by atoms with Gasteiger partial charge in [-0.2, -0.15) is 0 Å². The molecule has 0 saturated carbocycles. The Hall–Kier alpha value is -1.21. The van der Waals surface area contributed by atoms with Gasteiger partial charge in [-0.15, -0.1) is 0 Å². The van der Waals surface area contributed by atoms with E-state index in [0.717, 1.165) is 0 Å². The molecule has 1 rings (SSSR count). The molecule has 3 N–H and O–H groups in total. The number of ether oxygens (including phenoxy) is 1. The second-order valence-electron chi connectivity index (χ2n) is 5.14. The summed E-state index contributed by atoms with van der Waals surface area (Å²) in [7, 11) is 0. The van der Waals surface area contributed by atoms with E-state index >= 15 is 0 Å². The van der Waals surface area contributed by atoms with Gasteiger partial charge < -0.3 is 20.7 Å². The monoisotopic (exact) mass is 301 g/mol. The van der Waals surface area contributed by atoms with Gasteiger partial charge in [-0.1, -0.05) is 26.1 Å². The van der Waals surface area contributed by atoms with Crippen LogP contribution in [0.1, 0.15) is 20.8 Å². The molecule has 2 unspecified atom stereocenters. The van der Waals surface area contributed by atoms with Crippen LogP contribution in [0, 0.1) is 11.8 Å². The lowest BCUT2D eigenvalue weighted by Crippen LogP contribution is -2.58. The normalized spacial score (nSPS) is 20.6. The minimum absolute atomic E-state index is 0.00210. The fraction of sp³-hybridized carbons (Fsp3) is 0.769. The summed E-state index contributed by atoms with van der Waals surface area (Å²) in [5.41, 5.74) is 5.68. The van der Waals surface area contributed by atoms with Gasteiger partial charge in [0.15, 0.2) is 0 Å². The quantitative estimate of drug-likeness (QED) is 0.693. The molecule has 114 valence electrons. The van der Waals surface area contributed by atoms with Crippen LogP contribution < -0.4 is 11.1 Å². The van der Waals surface area contributed by atoms with Crippen molar-refractivity contribution in [1.82, 2.24) is 10.2 Å². The van der Waals surface area contributed by atoms with Crippen molar-refractivity contribution in [2.24, 2.45) is 17.6 Å². The molecule has 0 aromatic heterocycles. The maximum atomic E-state index is 12.6.